The molecule has 0 N–H and O–H groups in total. The molecule has 0 amide bonds. The number of benzene rings is 1. The van der Waals surface area contributed by atoms with E-state index in [2.05, 4.69) is 37.0 Å². The Morgan fingerprint density at radius 2 is 2.15 bits per heavy atom. The number of aryl methyl sites for hydroxylation is 2. The molecule has 1 aromatic heterocycles. The molecule has 2 rings (SSSR count). The van der Waals surface area contributed by atoms with E-state index in [4.69, 9.17) is 16.3 Å². The van der Waals surface area contributed by atoms with Gasteiger partial charge in [0.05, 0.1) is 16.4 Å². The minimum absolute atomic E-state index is 0.407. The topological polar surface area (TPSA) is 27.1 Å². The molecule has 0 saturated heterocycles. The summed E-state index contributed by atoms with van der Waals surface area (Å²) in [6, 6.07) is 5.95. The molecule has 0 atom stereocenters. The highest BCUT2D eigenvalue weighted by Crippen LogP contribution is 2.27. The smallest absolute Gasteiger partial charge is 0.131 e. The van der Waals surface area contributed by atoms with E-state index in [0.29, 0.717) is 11.6 Å². The molecule has 0 aliphatic rings. The first-order chi connectivity index (χ1) is 9.56. The second-order valence-corrected chi connectivity index (χ2v) is 6.21. The van der Waals surface area contributed by atoms with Crippen molar-refractivity contribution in [2.24, 2.45) is 7.05 Å². The Bertz CT molecular complexity index is 613. The lowest BCUT2D eigenvalue weighted by Crippen LogP contribution is -2.04. The molecule has 2 aromatic rings. The van der Waals surface area contributed by atoms with Crippen LogP contribution in [0.3, 0.4) is 0 Å². The van der Waals surface area contributed by atoms with Gasteiger partial charge in [-0.05, 0) is 24.6 Å². The molecule has 0 radical (unpaired) electrons. The lowest BCUT2D eigenvalue weighted by molar-refractivity contribution is 0.293. The van der Waals surface area contributed by atoms with Gasteiger partial charge in [-0.1, -0.05) is 50.4 Å². The fourth-order valence-corrected chi connectivity index (χ4v) is 3.11. The highest BCUT2D eigenvalue weighted by Gasteiger charge is 2.14. The highest BCUT2D eigenvalue weighted by atomic mass is 79.9. The standard InChI is InChI=1S/C14H15Br2ClN2O/c1-3-11-14(17)12(19(2)18-11)8-20-13-5-4-10(16)6-9(13)7-15/h4-6H,3,7-8H2,1-2H3. The Kier molecular flexibility index (Phi) is 5.52. The van der Waals surface area contributed by atoms with Gasteiger partial charge in [0.2, 0.25) is 0 Å². The van der Waals surface area contributed by atoms with Gasteiger partial charge >= 0.3 is 0 Å². The van der Waals surface area contributed by atoms with Crippen LogP contribution < -0.4 is 4.74 Å². The molecule has 3 nitrogen and oxygen atoms in total. The maximum Gasteiger partial charge on any atom is 0.131 e. The zero-order valence-electron chi connectivity index (χ0n) is 11.3. The Balaban J connectivity index is 2.19. The highest BCUT2D eigenvalue weighted by molar-refractivity contribution is 9.10. The van der Waals surface area contributed by atoms with Crippen molar-refractivity contribution in [1.29, 1.82) is 0 Å². The summed E-state index contributed by atoms with van der Waals surface area (Å²) in [5.74, 6) is 0.848. The molecule has 6 heteroatoms. The molecule has 0 saturated carbocycles. The van der Waals surface area contributed by atoms with Gasteiger partial charge in [-0.25, -0.2) is 0 Å². The van der Waals surface area contributed by atoms with Crippen LogP contribution in [0.5, 0.6) is 5.75 Å². The zero-order valence-corrected chi connectivity index (χ0v) is 15.2. The number of aromatic nitrogens is 2. The number of ether oxygens (including phenoxy) is 1. The van der Waals surface area contributed by atoms with E-state index in [-0.39, 0.29) is 0 Å². The number of alkyl halides is 1. The van der Waals surface area contributed by atoms with Crippen molar-refractivity contribution >= 4 is 43.5 Å². The van der Waals surface area contributed by atoms with Gasteiger partial charge in [-0.2, -0.15) is 5.10 Å². The van der Waals surface area contributed by atoms with Crippen molar-refractivity contribution in [3.63, 3.8) is 0 Å². The Morgan fingerprint density at radius 3 is 2.75 bits per heavy atom. The first-order valence-corrected chi connectivity index (χ1v) is 8.53. The molecular weight excluding hydrogens is 407 g/mol. The minimum Gasteiger partial charge on any atom is -0.487 e. The van der Waals surface area contributed by atoms with E-state index >= 15 is 0 Å². The second-order valence-electron chi connectivity index (χ2n) is 4.36. The van der Waals surface area contributed by atoms with Gasteiger partial charge in [-0.15, -0.1) is 0 Å². The maximum atomic E-state index is 6.31. The van der Waals surface area contributed by atoms with E-state index in [9.17, 15) is 0 Å². The number of rotatable bonds is 5. The van der Waals surface area contributed by atoms with Gasteiger partial charge in [0.1, 0.15) is 12.4 Å². The average molecular weight is 423 g/mol. The van der Waals surface area contributed by atoms with Gasteiger partial charge < -0.3 is 4.74 Å². The third-order valence-electron chi connectivity index (χ3n) is 3.03. The summed E-state index contributed by atoms with van der Waals surface area (Å²) >= 11 is 13.2. The minimum atomic E-state index is 0.407. The van der Waals surface area contributed by atoms with Crippen LogP contribution >= 0.6 is 43.5 Å². The summed E-state index contributed by atoms with van der Waals surface area (Å²) < 4.78 is 8.71. The van der Waals surface area contributed by atoms with Crippen molar-refractivity contribution in [3.8, 4) is 5.75 Å². The van der Waals surface area contributed by atoms with E-state index in [1.165, 1.54) is 0 Å². The third-order valence-corrected chi connectivity index (χ3v) is 4.57. The predicted molar refractivity (Wildman–Crippen MR) is 88.7 cm³/mol. The molecule has 0 bridgehead atoms. The molecule has 20 heavy (non-hydrogen) atoms. The lowest BCUT2D eigenvalue weighted by Gasteiger charge is -2.11. The monoisotopic (exact) mass is 420 g/mol. The number of hydrogen-bond donors (Lipinski definition) is 0. The van der Waals surface area contributed by atoms with E-state index in [1.807, 2.05) is 32.2 Å². The number of hydrogen-bond acceptors (Lipinski definition) is 2. The van der Waals surface area contributed by atoms with Gasteiger partial charge in [0.25, 0.3) is 0 Å². The Labute approximate surface area is 140 Å². The number of nitrogens with zero attached hydrogens (tertiary/aromatic N) is 2. The molecule has 0 aliphatic carbocycles. The summed E-state index contributed by atoms with van der Waals surface area (Å²) in [5, 5.41) is 5.82. The fraction of sp³-hybridized carbons (Fsp3) is 0.357. The normalized spacial score (nSPS) is 10.8. The lowest BCUT2D eigenvalue weighted by atomic mass is 10.2. The molecule has 1 heterocycles. The maximum absolute atomic E-state index is 6.31. The van der Waals surface area contributed by atoms with Gasteiger partial charge in [0, 0.05) is 22.4 Å². The van der Waals surface area contributed by atoms with Crippen LogP contribution in [-0.2, 0) is 25.4 Å². The summed E-state index contributed by atoms with van der Waals surface area (Å²) in [5.41, 5.74) is 2.89. The van der Waals surface area contributed by atoms with Crippen molar-refractivity contribution in [1.82, 2.24) is 9.78 Å². The van der Waals surface area contributed by atoms with Crippen LogP contribution in [-0.4, -0.2) is 9.78 Å². The molecular formula is C14H15Br2ClN2O. The quantitative estimate of drug-likeness (QED) is 0.643. The first-order valence-electron chi connectivity index (χ1n) is 6.24. The summed E-state index contributed by atoms with van der Waals surface area (Å²) in [6.45, 7) is 2.44. The van der Waals surface area contributed by atoms with Crippen LogP contribution in [0, 0.1) is 0 Å². The predicted octanol–water partition coefficient (Wildman–Crippen LogP) is 4.87. The van der Waals surface area contributed by atoms with E-state index < -0.39 is 0 Å². The van der Waals surface area contributed by atoms with Crippen LogP contribution in [0.2, 0.25) is 5.02 Å². The van der Waals surface area contributed by atoms with Crippen molar-refractivity contribution in [2.45, 2.75) is 25.3 Å². The van der Waals surface area contributed by atoms with E-state index in [1.54, 1.807) is 4.68 Å². The van der Waals surface area contributed by atoms with Gasteiger partial charge in [-0.3, -0.25) is 4.68 Å². The van der Waals surface area contributed by atoms with Crippen LogP contribution in [0.1, 0.15) is 23.9 Å². The van der Waals surface area contributed by atoms with Crippen molar-refractivity contribution in [2.75, 3.05) is 0 Å². The molecule has 0 aliphatic heterocycles. The molecule has 0 fully saturated rings. The summed E-state index contributed by atoms with van der Waals surface area (Å²) in [7, 11) is 1.89. The van der Waals surface area contributed by atoms with Crippen LogP contribution in [0.15, 0.2) is 22.7 Å². The van der Waals surface area contributed by atoms with Crippen molar-refractivity contribution in [3.05, 3.63) is 44.6 Å². The third kappa shape index (κ3) is 3.38. The first kappa shape index (κ1) is 15.9. The Hall–Kier alpha value is -0.520. The average Bonchev–Trinajstić information content (AvgIpc) is 2.72. The van der Waals surface area contributed by atoms with Crippen molar-refractivity contribution < 1.29 is 4.74 Å². The molecule has 108 valence electrons. The fourth-order valence-electron chi connectivity index (χ4n) is 1.92. The molecule has 0 spiro atoms. The zero-order chi connectivity index (χ0) is 14.7. The molecule has 0 unspecified atom stereocenters. The van der Waals surface area contributed by atoms with Crippen LogP contribution in [0.4, 0.5) is 0 Å². The number of halogens is 3. The van der Waals surface area contributed by atoms with Gasteiger partial charge in [0.15, 0.2) is 0 Å². The Morgan fingerprint density at radius 1 is 1.40 bits per heavy atom. The summed E-state index contributed by atoms with van der Waals surface area (Å²) in [6.07, 6.45) is 0.817. The van der Waals surface area contributed by atoms with E-state index in [0.717, 1.165) is 38.9 Å². The SMILES string of the molecule is CCc1nn(C)c(COc2ccc(Br)cc2CBr)c1Cl. The molecule has 1 aromatic carbocycles. The van der Waals surface area contributed by atoms with Crippen LogP contribution in [0.25, 0.3) is 0 Å². The largest absolute Gasteiger partial charge is 0.487 e. The summed E-state index contributed by atoms with van der Waals surface area (Å²) in [4.78, 5) is 0. The second kappa shape index (κ2) is 6.96.